The van der Waals surface area contributed by atoms with Crippen LogP contribution in [0.1, 0.15) is 32.1 Å². The Labute approximate surface area is 94.0 Å². The Bertz CT molecular complexity index is 136. The van der Waals surface area contributed by atoms with Gasteiger partial charge in [-0.15, -0.1) is 0 Å². The predicted molar refractivity (Wildman–Crippen MR) is 64.2 cm³/mol. The Morgan fingerprint density at radius 2 is 2.27 bits per heavy atom. The highest BCUT2D eigenvalue weighted by atomic mass is 16.5. The van der Waals surface area contributed by atoms with Gasteiger partial charge in [-0.2, -0.15) is 0 Å². The van der Waals surface area contributed by atoms with Crippen LogP contribution in [0.5, 0.6) is 0 Å². The molecule has 0 radical (unpaired) electrons. The molecule has 0 aromatic heterocycles. The summed E-state index contributed by atoms with van der Waals surface area (Å²) in [7, 11) is 1.77. The number of methoxy groups -OCH3 is 1. The molecule has 0 saturated carbocycles. The molecule has 0 aromatic rings. The molecule has 1 rings (SSSR count). The van der Waals surface area contributed by atoms with Gasteiger partial charge < -0.3 is 15.4 Å². The minimum atomic E-state index is 0.859. The van der Waals surface area contributed by atoms with Crippen molar-refractivity contribution in [2.24, 2.45) is 5.92 Å². The van der Waals surface area contributed by atoms with Crippen LogP contribution in [0.4, 0.5) is 0 Å². The van der Waals surface area contributed by atoms with E-state index in [9.17, 15) is 0 Å². The molecule has 0 aliphatic carbocycles. The van der Waals surface area contributed by atoms with E-state index in [1.807, 2.05) is 0 Å². The smallest absolute Gasteiger partial charge is 0.0462 e. The van der Waals surface area contributed by atoms with Gasteiger partial charge in [-0.1, -0.05) is 0 Å². The zero-order chi connectivity index (χ0) is 10.8. The van der Waals surface area contributed by atoms with Crippen molar-refractivity contribution < 1.29 is 4.74 Å². The Kier molecular flexibility index (Phi) is 7.88. The van der Waals surface area contributed by atoms with E-state index < -0.39 is 0 Å². The third-order valence-electron chi connectivity index (χ3n) is 3.03. The van der Waals surface area contributed by atoms with Gasteiger partial charge in [0, 0.05) is 13.7 Å². The Hall–Kier alpha value is -0.120. The maximum atomic E-state index is 5.01. The van der Waals surface area contributed by atoms with Crippen LogP contribution in [0.3, 0.4) is 0 Å². The standard InChI is InChI=1S/C12H26N2O/c1-15-9-4-2-3-7-13-10-12-6-5-8-14-11-12/h12-14H,2-11H2,1H3. The largest absolute Gasteiger partial charge is 0.385 e. The molecule has 1 heterocycles. The van der Waals surface area contributed by atoms with Gasteiger partial charge in [-0.05, 0) is 64.2 Å². The molecule has 1 saturated heterocycles. The molecule has 2 N–H and O–H groups in total. The molecule has 1 fully saturated rings. The lowest BCUT2D eigenvalue weighted by molar-refractivity contribution is 0.192. The summed E-state index contributed by atoms with van der Waals surface area (Å²) in [4.78, 5) is 0. The zero-order valence-corrected chi connectivity index (χ0v) is 10.1. The summed E-state index contributed by atoms with van der Waals surface area (Å²) in [5.74, 6) is 0.859. The van der Waals surface area contributed by atoms with E-state index in [1.165, 1.54) is 58.3 Å². The molecule has 15 heavy (non-hydrogen) atoms. The average Bonchev–Trinajstić information content (AvgIpc) is 2.29. The number of unbranched alkanes of at least 4 members (excludes halogenated alkanes) is 2. The first-order valence-electron chi connectivity index (χ1n) is 6.34. The van der Waals surface area contributed by atoms with Crippen molar-refractivity contribution in [3.05, 3.63) is 0 Å². The van der Waals surface area contributed by atoms with Crippen LogP contribution in [0.15, 0.2) is 0 Å². The van der Waals surface area contributed by atoms with Crippen LogP contribution in [-0.2, 0) is 4.74 Å². The summed E-state index contributed by atoms with van der Waals surface area (Å²) < 4.78 is 5.01. The molecule has 1 aliphatic heterocycles. The predicted octanol–water partition coefficient (Wildman–Crippen LogP) is 1.39. The van der Waals surface area contributed by atoms with Crippen LogP contribution >= 0.6 is 0 Å². The van der Waals surface area contributed by atoms with Gasteiger partial charge in [0.25, 0.3) is 0 Å². The second kappa shape index (κ2) is 9.13. The topological polar surface area (TPSA) is 33.3 Å². The van der Waals surface area contributed by atoms with E-state index in [2.05, 4.69) is 10.6 Å². The van der Waals surface area contributed by atoms with Crippen molar-refractivity contribution in [3.8, 4) is 0 Å². The number of nitrogens with one attached hydrogen (secondary N) is 2. The Morgan fingerprint density at radius 1 is 1.33 bits per heavy atom. The molecular formula is C12H26N2O. The van der Waals surface area contributed by atoms with Crippen molar-refractivity contribution in [2.45, 2.75) is 32.1 Å². The first kappa shape index (κ1) is 12.9. The first-order chi connectivity index (χ1) is 7.43. The number of hydrogen-bond acceptors (Lipinski definition) is 3. The van der Waals surface area contributed by atoms with Gasteiger partial charge >= 0.3 is 0 Å². The van der Waals surface area contributed by atoms with Gasteiger partial charge in [0.1, 0.15) is 0 Å². The normalized spacial score (nSPS) is 21.8. The number of piperidine rings is 1. The quantitative estimate of drug-likeness (QED) is 0.599. The van der Waals surface area contributed by atoms with Crippen molar-refractivity contribution in [1.29, 1.82) is 0 Å². The monoisotopic (exact) mass is 214 g/mol. The van der Waals surface area contributed by atoms with Crippen LogP contribution < -0.4 is 10.6 Å². The fourth-order valence-corrected chi connectivity index (χ4v) is 2.08. The number of ether oxygens (including phenoxy) is 1. The molecule has 0 aromatic carbocycles. The summed E-state index contributed by atoms with van der Waals surface area (Å²) in [5, 5.41) is 7.00. The van der Waals surface area contributed by atoms with Gasteiger partial charge in [-0.25, -0.2) is 0 Å². The Morgan fingerprint density at radius 3 is 3.00 bits per heavy atom. The molecule has 90 valence electrons. The highest BCUT2D eigenvalue weighted by molar-refractivity contribution is 4.70. The van der Waals surface area contributed by atoms with Gasteiger partial charge in [-0.3, -0.25) is 0 Å². The zero-order valence-electron chi connectivity index (χ0n) is 10.1. The summed E-state index contributed by atoms with van der Waals surface area (Å²) in [5.41, 5.74) is 0. The summed E-state index contributed by atoms with van der Waals surface area (Å²) in [6.07, 6.45) is 6.50. The summed E-state index contributed by atoms with van der Waals surface area (Å²) in [6.45, 7) is 5.69. The molecule has 3 heteroatoms. The minimum absolute atomic E-state index is 0.859. The number of hydrogen-bond donors (Lipinski definition) is 2. The van der Waals surface area contributed by atoms with Crippen LogP contribution in [0.25, 0.3) is 0 Å². The van der Waals surface area contributed by atoms with E-state index >= 15 is 0 Å². The van der Waals surface area contributed by atoms with Crippen molar-refractivity contribution in [1.82, 2.24) is 10.6 Å². The van der Waals surface area contributed by atoms with E-state index in [0.717, 1.165) is 12.5 Å². The lowest BCUT2D eigenvalue weighted by Crippen LogP contribution is -2.36. The molecular weight excluding hydrogens is 188 g/mol. The van der Waals surface area contributed by atoms with E-state index in [0.29, 0.717) is 0 Å². The molecule has 1 atom stereocenters. The van der Waals surface area contributed by atoms with Gasteiger partial charge in [0.2, 0.25) is 0 Å². The fourth-order valence-electron chi connectivity index (χ4n) is 2.08. The van der Waals surface area contributed by atoms with Gasteiger partial charge in [0.05, 0.1) is 0 Å². The van der Waals surface area contributed by atoms with Gasteiger partial charge in [0.15, 0.2) is 0 Å². The maximum Gasteiger partial charge on any atom is 0.0462 e. The highest BCUT2D eigenvalue weighted by Gasteiger charge is 2.11. The van der Waals surface area contributed by atoms with Crippen LogP contribution in [0.2, 0.25) is 0 Å². The fraction of sp³-hybridized carbons (Fsp3) is 1.00. The molecule has 3 nitrogen and oxygen atoms in total. The molecule has 1 aliphatic rings. The molecule has 0 spiro atoms. The van der Waals surface area contributed by atoms with E-state index in [1.54, 1.807) is 7.11 Å². The lowest BCUT2D eigenvalue weighted by atomic mass is 10.00. The third kappa shape index (κ3) is 6.88. The molecule has 0 bridgehead atoms. The van der Waals surface area contributed by atoms with Crippen molar-refractivity contribution in [2.75, 3.05) is 39.9 Å². The Balaban J connectivity index is 1.79. The number of rotatable bonds is 8. The molecule has 1 unspecified atom stereocenters. The lowest BCUT2D eigenvalue weighted by Gasteiger charge is -2.22. The first-order valence-corrected chi connectivity index (χ1v) is 6.34. The maximum absolute atomic E-state index is 5.01. The van der Waals surface area contributed by atoms with Crippen LogP contribution in [0, 0.1) is 5.92 Å². The highest BCUT2D eigenvalue weighted by Crippen LogP contribution is 2.08. The second-order valence-corrected chi connectivity index (χ2v) is 4.47. The summed E-state index contributed by atoms with van der Waals surface area (Å²) in [6, 6.07) is 0. The van der Waals surface area contributed by atoms with E-state index in [4.69, 9.17) is 4.74 Å². The second-order valence-electron chi connectivity index (χ2n) is 4.47. The SMILES string of the molecule is COCCCCCNCC1CCCNC1. The van der Waals surface area contributed by atoms with Crippen molar-refractivity contribution >= 4 is 0 Å². The minimum Gasteiger partial charge on any atom is -0.385 e. The van der Waals surface area contributed by atoms with E-state index in [-0.39, 0.29) is 0 Å². The molecule has 0 amide bonds. The van der Waals surface area contributed by atoms with Crippen molar-refractivity contribution in [3.63, 3.8) is 0 Å². The third-order valence-corrected chi connectivity index (χ3v) is 3.03. The average molecular weight is 214 g/mol. The van der Waals surface area contributed by atoms with Crippen LogP contribution in [-0.4, -0.2) is 39.9 Å². The summed E-state index contributed by atoms with van der Waals surface area (Å²) >= 11 is 0.